The summed E-state index contributed by atoms with van der Waals surface area (Å²) in [4.78, 5) is 2.44. The van der Waals surface area contributed by atoms with Gasteiger partial charge in [0.15, 0.2) is 0 Å². The Morgan fingerprint density at radius 2 is 1.62 bits per heavy atom. The Hall–Kier alpha value is -1.55. The summed E-state index contributed by atoms with van der Waals surface area (Å²) in [5.74, 6) is 0. The molecule has 5 heteroatoms. The maximum absolute atomic E-state index is 6.24. The molecule has 2 aromatic rings. The molecule has 3 nitrogen and oxygen atoms in total. The van der Waals surface area contributed by atoms with Crippen molar-refractivity contribution in [3.8, 4) is 0 Å². The van der Waals surface area contributed by atoms with Gasteiger partial charge in [0.1, 0.15) is 0 Å². The van der Waals surface area contributed by atoms with Crippen LogP contribution in [-0.4, -0.2) is 41.8 Å². The average molecular weight is 362 g/mol. The number of rotatable bonds is 4. The van der Waals surface area contributed by atoms with Gasteiger partial charge < -0.3 is 0 Å². The Morgan fingerprint density at radius 1 is 0.958 bits per heavy atom. The van der Waals surface area contributed by atoms with Gasteiger partial charge in [-0.1, -0.05) is 53.5 Å². The number of hydrogen-bond donors (Lipinski definition) is 0. The van der Waals surface area contributed by atoms with Crippen molar-refractivity contribution in [1.29, 1.82) is 0 Å². The van der Waals surface area contributed by atoms with Gasteiger partial charge in [0, 0.05) is 48.3 Å². The molecule has 2 aromatic carbocycles. The maximum Gasteiger partial charge on any atom is 0.0661 e. The fourth-order valence-electron chi connectivity index (χ4n) is 2.86. The second-order valence-corrected chi connectivity index (χ2v) is 6.87. The van der Waals surface area contributed by atoms with Gasteiger partial charge >= 0.3 is 0 Å². The molecular formula is C19H21Cl2N3. The summed E-state index contributed by atoms with van der Waals surface area (Å²) in [5, 5.41) is 8.41. The Bertz CT molecular complexity index is 705. The molecule has 24 heavy (non-hydrogen) atoms. The van der Waals surface area contributed by atoms with E-state index < -0.39 is 0 Å². The van der Waals surface area contributed by atoms with Crippen LogP contribution in [0.1, 0.15) is 18.1 Å². The van der Waals surface area contributed by atoms with Crippen LogP contribution in [0.5, 0.6) is 0 Å². The van der Waals surface area contributed by atoms with Gasteiger partial charge in [-0.05, 0) is 30.7 Å². The van der Waals surface area contributed by atoms with Gasteiger partial charge in [0.25, 0.3) is 0 Å². The minimum absolute atomic E-state index is 0.750. The molecule has 0 unspecified atom stereocenters. The zero-order valence-electron chi connectivity index (χ0n) is 13.8. The molecule has 0 amide bonds. The Morgan fingerprint density at radius 3 is 2.29 bits per heavy atom. The van der Waals surface area contributed by atoms with Gasteiger partial charge in [-0.2, -0.15) is 5.10 Å². The summed E-state index contributed by atoms with van der Waals surface area (Å²) >= 11 is 12.2. The van der Waals surface area contributed by atoms with E-state index in [1.807, 2.05) is 43.3 Å². The topological polar surface area (TPSA) is 18.8 Å². The predicted octanol–water partition coefficient (Wildman–Crippen LogP) is 4.54. The fourth-order valence-corrected chi connectivity index (χ4v) is 3.26. The third kappa shape index (κ3) is 4.50. The largest absolute Gasteiger partial charge is 0.295 e. The van der Waals surface area contributed by atoms with Crippen LogP contribution in [-0.2, 0) is 6.54 Å². The summed E-state index contributed by atoms with van der Waals surface area (Å²) < 4.78 is 0. The van der Waals surface area contributed by atoms with Gasteiger partial charge in [-0.3, -0.25) is 9.91 Å². The van der Waals surface area contributed by atoms with Crippen molar-refractivity contribution in [2.24, 2.45) is 5.10 Å². The van der Waals surface area contributed by atoms with E-state index in [-0.39, 0.29) is 0 Å². The molecule has 0 bridgehead atoms. The van der Waals surface area contributed by atoms with Crippen LogP contribution in [0, 0.1) is 0 Å². The molecule has 1 aliphatic heterocycles. The third-order valence-corrected chi connectivity index (χ3v) is 4.80. The van der Waals surface area contributed by atoms with Crippen LogP contribution in [0.3, 0.4) is 0 Å². The van der Waals surface area contributed by atoms with Crippen LogP contribution >= 0.6 is 23.2 Å². The van der Waals surface area contributed by atoms with Crippen LogP contribution < -0.4 is 0 Å². The minimum Gasteiger partial charge on any atom is -0.295 e. The van der Waals surface area contributed by atoms with E-state index in [0.29, 0.717) is 0 Å². The lowest BCUT2D eigenvalue weighted by molar-refractivity contribution is 0.130. The van der Waals surface area contributed by atoms with E-state index in [1.165, 1.54) is 5.56 Å². The summed E-state index contributed by atoms with van der Waals surface area (Å²) in [6.07, 6.45) is 0. The highest BCUT2D eigenvalue weighted by atomic mass is 35.5. The highest BCUT2D eigenvalue weighted by molar-refractivity contribution is 6.34. The van der Waals surface area contributed by atoms with E-state index in [1.54, 1.807) is 0 Å². The SMILES string of the molecule is C/C(=N\N1CCN(Cc2ccc(Cl)cc2)CC1)c1ccccc1Cl. The van der Waals surface area contributed by atoms with Crippen molar-refractivity contribution in [2.45, 2.75) is 13.5 Å². The number of hydrazone groups is 1. The lowest BCUT2D eigenvalue weighted by atomic mass is 10.1. The molecule has 0 atom stereocenters. The molecule has 1 heterocycles. The van der Waals surface area contributed by atoms with Gasteiger partial charge in [0.2, 0.25) is 0 Å². The maximum atomic E-state index is 6.24. The van der Waals surface area contributed by atoms with Crippen molar-refractivity contribution in [3.63, 3.8) is 0 Å². The Labute approximate surface area is 153 Å². The van der Waals surface area contributed by atoms with Crippen LogP contribution in [0.2, 0.25) is 10.0 Å². The van der Waals surface area contributed by atoms with Gasteiger partial charge in [-0.15, -0.1) is 0 Å². The van der Waals surface area contributed by atoms with Crippen molar-refractivity contribution in [1.82, 2.24) is 9.91 Å². The molecular weight excluding hydrogens is 341 g/mol. The lowest BCUT2D eigenvalue weighted by Gasteiger charge is -2.33. The molecule has 126 valence electrons. The quantitative estimate of drug-likeness (QED) is 0.744. The first-order chi connectivity index (χ1) is 11.6. The van der Waals surface area contributed by atoms with Crippen molar-refractivity contribution < 1.29 is 0 Å². The van der Waals surface area contributed by atoms with E-state index in [2.05, 4.69) is 22.0 Å². The number of benzene rings is 2. The minimum atomic E-state index is 0.750. The predicted molar refractivity (Wildman–Crippen MR) is 102 cm³/mol. The van der Waals surface area contributed by atoms with E-state index >= 15 is 0 Å². The van der Waals surface area contributed by atoms with Crippen molar-refractivity contribution in [3.05, 3.63) is 69.7 Å². The first-order valence-electron chi connectivity index (χ1n) is 8.13. The summed E-state index contributed by atoms with van der Waals surface area (Å²) in [5.41, 5.74) is 3.26. The first kappa shape index (κ1) is 17.3. The molecule has 0 radical (unpaired) electrons. The van der Waals surface area contributed by atoms with Crippen LogP contribution in [0.25, 0.3) is 0 Å². The number of hydrogen-bond acceptors (Lipinski definition) is 3. The highest BCUT2D eigenvalue weighted by Crippen LogP contribution is 2.17. The molecule has 0 aliphatic carbocycles. The molecule has 0 aromatic heterocycles. The lowest BCUT2D eigenvalue weighted by Crippen LogP contribution is -2.43. The summed E-state index contributed by atoms with van der Waals surface area (Å²) in [7, 11) is 0. The van der Waals surface area contributed by atoms with E-state index in [0.717, 1.165) is 54.0 Å². The number of halogens is 2. The molecule has 0 N–H and O–H groups in total. The van der Waals surface area contributed by atoms with Crippen LogP contribution in [0.15, 0.2) is 53.6 Å². The molecule has 1 fully saturated rings. The highest BCUT2D eigenvalue weighted by Gasteiger charge is 2.16. The molecule has 1 aliphatic rings. The molecule has 0 saturated carbocycles. The van der Waals surface area contributed by atoms with Crippen molar-refractivity contribution >= 4 is 28.9 Å². The summed E-state index contributed by atoms with van der Waals surface area (Å²) in [6, 6.07) is 15.9. The zero-order chi connectivity index (χ0) is 16.9. The second-order valence-electron chi connectivity index (χ2n) is 6.02. The molecule has 3 rings (SSSR count). The zero-order valence-corrected chi connectivity index (χ0v) is 15.3. The Balaban J connectivity index is 1.56. The van der Waals surface area contributed by atoms with Gasteiger partial charge in [0.05, 0.1) is 5.71 Å². The molecule has 0 spiro atoms. The van der Waals surface area contributed by atoms with Crippen LogP contribution in [0.4, 0.5) is 0 Å². The van der Waals surface area contributed by atoms with E-state index in [4.69, 9.17) is 28.3 Å². The second kappa shape index (κ2) is 8.02. The smallest absolute Gasteiger partial charge is 0.0661 e. The number of nitrogens with zero attached hydrogens (tertiary/aromatic N) is 3. The fraction of sp³-hybridized carbons (Fsp3) is 0.316. The number of piperazine rings is 1. The molecule has 1 saturated heterocycles. The third-order valence-electron chi connectivity index (χ3n) is 4.22. The Kier molecular flexibility index (Phi) is 5.77. The summed E-state index contributed by atoms with van der Waals surface area (Å²) in [6.45, 7) is 6.83. The van der Waals surface area contributed by atoms with E-state index in [9.17, 15) is 0 Å². The standard InChI is InChI=1S/C19H21Cl2N3/c1-15(18-4-2-3-5-19(18)21)22-24-12-10-23(11-13-24)14-16-6-8-17(20)9-7-16/h2-9H,10-14H2,1H3/b22-15+. The monoisotopic (exact) mass is 361 g/mol. The van der Waals surface area contributed by atoms with Gasteiger partial charge in [-0.25, -0.2) is 0 Å². The first-order valence-corrected chi connectivity index (χ1v) is 8.89. The van der Waals surface area contributed by atoms with Crippen molar-refractivity contribution in [2.75, 3.05) is 26.2 Å². The normalized spacial score (nSPS) is 16.5. The average Bonchev–Trinajstić information content (AvgIpc) is 2.59.